The molecule has 0 aliphatic carbocycles. The molecule has 2 aromatic carbocycles. The normalized spacial score (nSPS) is 10.4. The van der Waals surface area contributed by atoms with Crippen molar-refractivity contribution >= 4 is 21.6 Å². The van der Waals surface area contributed by atoms with Crippen molar-refractivity contribution in [1.29, 1.82) is 0 Å². The first-order chi connectivity index (χ1) is 9.63. The van der Waals surface area contributed by atoms with Gasteiger partial charge in [-0.3, -0.25) is 0 Å². The highest BCUT2D eigenvalue weighted by molar-refractivity contribution is 9.10. The van der Waals surface area contributed by atoms with Crippen molar-refractivity contribution < 1.29 is 4.74 Å². The molecule has 0 atom stereocenters. The van der Waals surface area contributed by atoms with E-state index in [-0.39, 0.29) is 0 Å². The molecule has 0 radical (unpaired) electrons. The van der Waals surface area contributed by atoms with Crippen molar-refractivity contribution in [3.05, 3.63) is 58.1 Å². The summed E-state index contributed by atoms with van der Waals surface area (Å²) in [7, 11) is 3.75. The van der Waals surface area contributed by atoms with Gasteiger partial charge in [-0.2, -0.15) is 0 Å². The van der Waals surface area contributed by atoms with Crippen LogP contribution in [0, 0.1) is 0 Å². The van der Waals surface area contributed by atoms with E-state index in [1.807, 2.05) is 18.2 Å². The summed E-state index contributed by atoms with van der Waals surface area (Å²) in [6.07, 6.45) is 0. The SMILES string of the molecule is COc1cccc(CN(C)c2cc(Br)ccc2CN)c1. The lowest BCUT2D eigenvalue weighted by molar-refractivity contribution is 0.414. The standard InChI is InChI=1S/C16H19BrN2O/c1-19(11-12-4-3-5-15(8-12)20-2)16-9-14(17)7-6-13(16)10-18/h3-9H,10-11,18H2,1-2H3. The van der Waals surface area contributed by atoms with Crippen molar-refractivity contribution in [2.24, 2.45) is 5.73 Å². The molecule has 0 bridgehead atoms. The van der Waals surface area contributed by atoms with Crippen molar-refractivity contribution in [2.45, 2.75) is 13.1 Å². The first kappa shape index (κ1) is 14.9. The van der Waals surface area contributed by atoms with Crippen LogP contribution < -0.4 is 15.4 Å². The van der Waals surface area contributed by atoms with Gasteiger partial charge in [0.05, 0.1) is 7.11 Å². The predicted octanol–water partition coefficient (Wildman–Crippen LogP) is 3.55. The Hall–Kier alpha value is -1.52. The number of nitrogens with two attached hydrogens (primary N) is 1. The maximum Gasteiger partial charge on any atom is 0.119 e. The molecule has 0 fully saturated rings. The van der Waals surface area contributed by atoms with Crippen LogP contribution in [0.1, 0.15) is 11.1 Å². The lowest BCUT2D eigenvalue weighted by atomic mass is 10.1. The van der Waals surface area contributed by atoms with Gasteiger partial charge in [0.25, 0.3) is 0 Å². The minimum absolute atomic E-state index is 0.533. The molecule has 0 amide bonds. The van der Waals surface area contributed by atoms with E-state index in [0.29, 0.717) is 6.54 Å². The molecule has 2 rings (SSSR count). The quantitative estimate of drug-likeness (QED) is 0.908. The van der Waals surface area contributed by atoms with Crippen LogP contribution in [0.3, 0.4) is 0 Å². The molecule has 0 heterocycles. The third-order valence-electron chi connectivity index (χ3n) is 3.23. The average Bonchev–Trinajstić information content (AvgIpc) is 2.47. The van der Waals surface area contributed by atoms with Crippen LogP contribution in [-0.4, -0.2) is 14.2 Å². The van der Waals surface area contributed by atoms with Crippen LogP contribution in [0.5, 0.6) is 5.75 Å². The maximum absolute atomic E-state index is 5.82. The first-order valence-corrected chi connectivity index (χ1v) is 7.26. The maximum atomic E-state index is 5.82. The first-order valence-electron chi connectivity index (χ1n) is 6.46. The smallest absolute Gasteiger partial charge is 0.119 e. The molecule has 106 valence electrons. The molecule has 0 unspecified atom stereocenters. The zero-order chi connectivity index (χ0) is 14.5. The minimum Gasteiger partial charge on any atom is -0.497 e. The van der Waals surface area contributed by atoms with E-state index in [4.69, 9.17) is 10.5 Å². The molecule has 0 aliphatic heterocycles. The van der Waals surface area contributed by atoms with Gasteiger partial charge in [-0.25, -0.2) is 0 Å². The number of nitrogens with zero attached hydrogens (tertiary/aromatic N) is 1. The Bertz CT molecular complexity index is 586. The number of methoxy groups -OCH3 is 1. The van der Waals surface area contributed by atoms with Gasteiger partial charge >= 0.3 is 0 Å². The van der Waals surface area contributed by atoms with Gasteiger partial charge in [0, 0.05) is 30.3 Å². The number of benzene rings is 2. The molecule has 20 heavy (non-hydrogen) atoms. The number of hydrogen-bond donors (Lipinski definition) is 1. The number of halogens is 1. The van der Waals surface area contributed by atoms with Gasteiger partial charge < -0.3 is 15.4 Å². The lowest BCUT2D eigenvalue weighted by Crippen LogP contribution is -2.19. The zero-order valence-electron chi connectivity index (χ0n) is 11.8. The van der Waals surface area contributed by atoms with Crippen LogP contribution >= 0.6 is 15.9 Å². The Morgan fingerprint density at radius 3 is 2.70 bits per heavy atom. The molecule has 0 saturated carbocycles. The highest BCUT2D eigenvalue weighted by atomic mass is 79.9. The third-order valence-corrected chi connectivity index (χ3v) is 3.73. The highest BCUT2D eigenvalue weighted by Crippen LogP contribution is 2.26. The fourth-order valence-electron chi connectivity index (χ4n) is 2.19. The summed E-state index contributed by atoms with van der Waals surface area (Å²) in [4.78, 5) is 2.20. The monoisotopic (exact) mass is 334 g/mol. The Kier molecular flexibility index (Phi) is 5.04. The number of ether oxygens (including phenoxy) is 1. The molecular weight excluding hydrogens is 316 g/mol. The fraction of sp³-hybridized carbons (Fsp3) is 0.250. The number of hydrogen-bond acceptors (Lipinski definition) is 3. The summed E-state index contributed by atoms with van der Waals surface area (Å²) in [6, 6.07) is 14.3. The van der Waals surface area contributed by atoms with Crippen molar-refractivity contribution in [1.82, 2.24) is 0 Å². The van der Waals surface area contributed by atoms with Gasteiger partial charge in [-0.15, -0.1) is 0 Å². The van der Waals surface area contributed by atoms with E-state index in [9.17, 15) is 0 Å². The average molecular weight is 335 g/mol. The van der Waals surface area contributed by atoms with E-state index < -0.39 is 0 Å². The van der Waals surface area contributed by atoms with Crippen LogP contribution in [-0.2, 0) is 13.1 Å². The third kappa shape index (κ3) is 3.52. The molecule has 0 aromatic heterocycles. The molecule has 0 aliphatic rings. The summed E-state index contributed by atoms with van der Waals surface area (Å²) in [5, 5.41) is 0. The lowest BCUT2D eigenvalue weighted by Gasteiger charge is -2.23. The van der Waals surface area contributed by atoms with Gasteiger partial charge in [-0.05, 0) is 35.4 Å². The van der Waals surface area contributed by atoms with E-state index in [1.165, 1.54) is 5.56 Å². The summed E-state index contributed by atoms with van der Waals surface area (Å²) in [5.74, 6) is 0.879. The Morgan fingerprint density at radius 1 is 1.20 bits per heavy atom. The van der Waals surface area contributed by atoms with Gasteiger partial charge in [0.15, 0.2) is 0 Å². The van der Waals surface area contributed by atoms with E-state index in [2.05, 4.69) is 52.1 Å². The minimum atomic E-state index is 0.533. The Balaban J connectivity index is 2.23. The topological polar surface area (TPSA) is 38.5 Å². The van der Waals surface area contributed by atoms with Crippen LogP contribution in [0.2, 0.25) is 0 Å². The second-order valence-corrected chi connectivity index (χ2v) is 5.60. The molecule has 0 saturated heterocycles. The Morgan fingerprint density at radius 2 is 2.00 bits per heavy atom. The summed E-state index contributed by atoms with van der Waals surface area (Å²) >= 11 is 3.51. The van der Waals surface area contributed by atoms with Crippen LogP contribution in [0.4, 0.5) is 5.69 Å². The van der Waals surface area contributed by atoms with Gasteiger partial charge in [-0.1, -0.05) is 34.1 Å². The van der Waals surface area contributed by atoms with Crippen LogP contribution in [0.15, 0.2) is 46.9 Å². The van der Waals surface area contributed by atoms with E-state index >= 15 is 0 Å². The number of anilines is 1. The molecular formula is C16H19BrN2O. The molecule has 0 spiro atoms. The largest absolute Gasteiger partial charge is 0.497 e. The van der Waals surface area contributed by atoms with Gasteiger partial charge in [0.2, 0.25) is 0 Å². The van der Waals surface area contributed by atoms with E-state index in [0.717, 1.165) is 28.0 Å². The van der Waals surface area contributed by atoms with Crippen molar-refractivity contribution in [3.63, 3.8) is 0 Å². The molecule has 2 N–H and O–H groups in total. The second-order valence-electron chi connectivity index (χ2n) is 4.68. The molecule has 4 heteroatoms. The Labute approximate surface area is 128 Å². The van der Waals surface area contributed by atoms with Crippen molar-refractivity contribution in [3.8, 4) is 5.75 Å². The molecule has 2 aromatic rings. The second kappa shape index (κ2) is 6.77. The van der Waals surface area contributed by atoms with Gasteiger partial charge in [0.1, 0.15) is 5.75 Å². The summed E-state index contributed by atoms with van der Waals surface area (Å²) in [6.45, 7) is 1.34. The number of rotatable bonds is 5. The van der Waals surface area contributed by atoms with E-state index in [1.54, 1.807) is 7.11 Å². The summed E-state index contributed by atoms with van der Waals surface area (Å²) < 4.78 is 6.32. The highest BCUT2D eigenvalue weighted by Gasteiger charge is 2.08. The predicted molar refractivity (Wildman–Crippen MR) is 87.1 cm³/mol. The van der Waals surface area contributed by atoms with Crippen LogP contribution in [0.25, 0.3) is 0 Å². The fourth-order valence-corrected chi connectivity index (χ4v) is 2.54. The molecule has 3 nitrogen and oxygen atoms in total. The van der Waals surface area contributed by atoms with Crippen molar-refractivity contribution in [2.75, 3.05) is 19.1 Å². The summed E-state index contributed by atoms with van der Waals surface area (Å²) in [5.41, 5.74) is 9.30. The zero-order valence-corrected chi connectivity index (χ0v) is 13.4.